The van der Waals surface area contributed by atoms with E-state index in [1.54, 1.807) is 49.1 Å². The van der Waals surface area contributed by atoms with Crippen molar-refractivity contribution < 1.29 is 9.53 Å². The molecule has 0 unspecified atom stereocenters. The topological polar surface area (TPSA) is 68.5 Å². The molecule has 3 rings (SSSR count). The zero-order chi connectivity index (χ0) is 15.2. The van der Waals surface area contributed by atoms with Crippen molar-refractivity contribution in [2.75, 3.05) is 10.6 Å². The zero-order valence-corrected chi connectivity index (χ0v) is 12.4. The van der Waals surface area contributed by atoms with Crippen LogP contribution in [-0.4, -0.2) is 16.5 Å². The molecule has 0 bridgehead atoms. The van der Waals surface area contributed by atoms with Crippen LogP contribution in [0.1, 0.15) is 13.8 Å². The summed E-state index contributed by atoms with van der Waals surface area (Å²) in [4.78, 5) is 18.4. The van der Waals surface area contributed by atoms with Gasteiger partial charge in [0.15, 0.2) is 5.60 Å². The number of aromatic nitrogens is 1. The second-order valence-corrected chi connectivity index (χ2v) is 5.73. The van der Waals surface area contributed by atoms with E-state index in [1.165, 1.54) is 0 Å². The van der Waals surface area contributed by atoms with E-state index >= 15 is 0 Å². The van der Waals surface area contributed by atoms with Crippen LogP contribution in [0.4, 0.5) is 17.2 Å². The van der Waals surface area contributed by atoms with Gasteiger partial charge in [0.25, 0.3) is 5.91 Å². The van der Waals surface area contributed by atoms with Gasteiger partial charge in [0.2, 0.25) is 5.88 Å². The average molecular weight is 304 g/mol. The first-order valence-electron chi connectivity index (χ1n) is 6.44. The second kappa shape index (κ2) is 4.63. The van der Waals surface area contributed by atoms with Crippen molar-refractivity contribution in [1.82, 2.24) is 4.98 Å². The van der Waals surface area contributed by atoms with E-state index in [1.807, 2.05) is 6.07 Å². The van der Waals surface area contributed by atoms with Crippen molar-refractivity contribution in [3.05, 3.63) is 41.4 Å². The summed E-state index contributed by atoms with van der Waals surface area (Å²) in [5.74, 6) is 0.480. The number of benzene rings is 1. The summed E-state index contributed by atoms with van der Waals surface area (Å²) in [7, 11) is 0. The largest absolute Gasteiger partial charge is 0.460 e. The Kier molecular flexibility index (Phi) is 3.02. The molecular formula is C15H14ClN3O2. The number of nitrogens with two attached hydrogens (primary N) is 1. The predicted octanol–water partition coefficient (Wildman–Crippen LogP) is 3.15. The van der Waals surface area contributed by atoms with Crippen molar-refractivity contribution >= 4 is 34.7 Å². The summed E-state index contributed by atoms with van der Waals surface area (Å²) in [5, 5.41) is 0.551. The lowest BCUT2D eigenvalue weighted by Gasteiger charge is -2.37. The molecule has 2 N–H and O–H groups in total. The Morgan fingerprint density at radius 3 is 2.76 bits per heavy atom. The van der Waals surface area contributed by atoms with E-state index in [0.717, 1.165) is 0 Å². The van der Waals surface area contributed by atoms with Crippen LogP contribution in [0.2, 0.25) is 5.02 Å². The van der Waals surface area contributed by atoms with E-state index in [9.17, 15) is 4.79 Å². The number of halogens is 1. The number of hydrogen-bond donors (Lipinski definition) is 1. The number of ether oxygens (including phenoxy) is 1. The predicted molar refractivity (Wildman–Crippen MR) is 82.0 cm³/mol. The number of nitrogens with zero attached hydrogens (tertiary/aromatic N) is 2. The van der Waals surface area contributed by atoms with Crippen molar-refractivity contribution in [1.29, 1.82) is 0 Å². The molecule has 1 aromatic carbocycles. The van der Waals surface area contributed by atoms with Crippen molar-refractivity contribution in [2.24, 2.45) is 0 Å². The van der Waals surface area contributed by atoms with Gasteiger partial charge in [0, 0.05) is 5.02 Å². The Balaban J connectivity index is 2.21. The van der Waals surface area contributed by atoms with Crippen LogP contribution < -0.4 is 15.4 Å². The first-order chi connectivity index (χ1) is 9.88. The van der Waals surface area contributed by atoms with Gasteiger partial charge in [0.1, 0.15) is 11.5 Å². The van der Waals surface area contributed by atoms with Crippen LogP contribution in [0, 0.1) is 0 Å². The number of rotatable bonds is 1. The Morgan fingerprint density at radius 2 is 2.05 bits per heavy atom. The van der Waals surface area contributed by atoms with E-state index < -0.39 is 5.60 Å². The van der Waals surface area contributed by atoms with Gasteiger partial charge in [-0.25, -0.2) is 0 Å². The van der Waals surface area contributed by atoms with Gasteiger partial charge in [0.05, 0.1) is 5.69 Å². The molecule has 1 aromatic heterocycles. The minimum absolute atomic E-state index is 0.191. The molecule has 0 aliphatic carbocycles. The fraction of sp³-hybridized carbons (Fsp3) is 0.200. The maximum atomic E-state index is 12.7. The van der Waals surface area contributed by atoms with E-state index in [0.29, 0.717) is 28.1 Å². The second-order valence-electron chi connectivity index (χ2n) is 5.29. The summed E-state index contributed by atoms with van der Waals surface area (Å²) >= 11 is 6.03. The molecule has 1 aliphatic heterocycles. The van der Waals surface area contributed by atoms with Gasteiger partial charge in [-0.05, 0) is 44.2 Å². The first kappa shape index (κ1) is 13.7. The Morgan fingerprint density at radius 1 is 1.29 bits per heavy atom. The molecule has 0 radical (unpaired) electrons. The van der Waals surface area contributed by atoms with Crippen LogP contribution in [0.5, 0.6) is 5.88 Å². The van der Waals surface area contributed by atoms with Gasteiger partial charge in [-0.1, -0.05) is 17.7 Å². The van der Waals surface area contributed by atoms with E-state index in [-0.39, 0.29) is 5.91 Å². The highest BCUT2D eigenvalue weighted by atomic mass is 35.5. The molecule has 0 fully saturated rings. The molecular weight excluding hydrogens is 290 g/mol. The van der Waals surface area contributed by atoms with Crippen LogP contribution in [0.3, 0.4) is 0 Å². The molecule has 2 aromatic rings. The van der Waals surface area contributed by atoms with Crippen molar-refractivity contribution in [2.45, 2.75) is 19.4 Å². The van der Waals surface area contributed by atoms with Crippen LogP contribution in [0.25, 0.3) is 0 Å². The molecule has 0 saturated heterocycles. The van der Waals surface area contributed by atoms with E-state index in [4.69, 9.17) is 22.1 Å². The number of carbonyl (C=O) groups excluding carboxylic acids is 1. The maximum Gasteiger partial charge on any atom is 0.275 e. The molecule has 6 heteroatoms. The summed E-state index contributed by atoms with van der Waals surface area (Å²) in [5.41, 5.74) is 5.88. The van der Waals surface area contributed by atoms with Gasteiger partial charge in [-0.15, -0.1) is 0 Å². The molecule has 108 valence electrons. The third-order valence-corrected chi connectivity index (χ3v) is 3.47. The number of carbonyl (C=O) groups is 1. The highest BCUT2D eigenvalue weighted by Gasteiger charge is 2.42. The number of pyridine rings is 1. The summed E-state index contributed by atoms with van der Waals surface area (Å²) < 4.78 is 5.68. The SMILES string of the molecule is CC1(C)Oc2nc(N)ccc2N(c2cccc(Cl)c2)C1=O. The molecule has 1 aliphatic rings. The van der Waals surface area contributed by atoms with Gasteiger partial charge in [-0.2, -0.15) is 4.98 Å². The van der Waals surface area contributed by atoms with Crippen LogP contribution >= 0.6 is 11.6 Å². The molecule has 0 spiro atoms. The number of amides is 1. The van der Waals surface area contributed by atoms with Gasteiger partial charge < -0.3 is 10.5 Å². The monoisotopic (exact) mass is 303 g/mol. The Hall–Kier alpha value is -2.27. The quantitative estimate of drug-likeness (QED) is 0.878. The third kappa shape index (κ3) is 2.29. The Bertz CT molecular complexity index is 731. The minimum atomic E-state index is -1.03. The normalized spacial score (nSPS) is 16.3. The third-order valence-electron chi connectivity index (χ3n) is 3.24. The lowest BCUT2D eigenvalue weighted by atomic mass is 10.0. The highest BCUT2D eigenvalue weighted by molar-refractivity contribution is 6.31. The fourth-order valence-electron chi connectivity index (χ4n) is 2.23. The van der Waals surface area contributed by atoms with E-state index in [2.05, 4.69) is 4.98 Å². The van der Waals surface area contributed by atoms with Crippen LogP contribution in [-0.2, 0) is 4.79 Å². The smallest absolute Gasteiger partial charge is 0.275 e. The molecule has 1 amide bonds. The standard InChI is InChI=1S/C15H14ClN3O2/c1-15(2)14(20)19(10-5-3-4-9(16)8-10)11-6-7-12(17)18-13(11)21-15/h3-8H,1-2H3,(H2,17,18). The number of hydrogen-bond acceptors (Lipinski definition) is 4. The first-order valence-corrected chi connectivity index (χ1v) is 6.82. The summed E-state index contributed by atoms with van der Waals surface area (Å²) in [6.07, 6.45) is 0. The lowest BCUT2D eigenvalue weighted by Crippen LogP contribution is -2.50. The minimum Gasteiger partial charge on any atom is -0.460 e. The molecule has 21 heavy (non-hydrogen) atoms. The Labute approximate surface area is 127 Å². The molecule has 5 nitrogen and oxygen atoms in total. The lowest BCUT2D eigenvalue weighted by molar-refractivity contribution is -0.132. The molecule has 2 heterocycles. The summed E-state index contributed by atoms with van der Waals surface area (Å²) in [6, 6.07) is 10.4. The maximum absolute atomic E-state index is 12.7. The highest BCUT2D eigenvalue weighted by Crippen LogP contribution is 2.41. The summed E-state index contributed by atoms with van der Waals surface area (Å²) in [6.45, 7) is 3.39. The molecule has 0 atom stereocenters. The number of fused-ring (bicyclic) bond motifs is 1. The van der Waals surface area contributed by atoms with Crippen molar-refractivity contribution in [3.63, 3.8) is 0 Å². The van der Waals surface area contributed by atoms with Crippen LogP contribution in [0.15, 0.2) is 36.4 Å². The van der Waals surface area contributed by atoms with Gasteiger partial charge >= 0.3 is 0 Å². The molecule has 0 saturated carbocycles. The zero-order valence-electron chi connectivity index (χ0n) is 11.6. The number of anilines is 3. The number of nitrogen functional groups attached to an aromatic ring is 1. The van der Waals surface area contributed by atoms with Gasteiger partial charge in [-0.3, -0.25) is 9.69 Å². The van der Waals surface area contributed by atoms with Crippen molar-refractivity contribution in [3.8, 4) is 5.88 Å². The fourth-order valence-corrected chi connectivity index (χ4v) is 2.41. The average Bonchev–Trinajstić information content (AvgIpc) is 2.40.